The monoisotopic (exact) mass is 1510 g/mol. The highest BCUT2D eigenvalue weighted by Crippen LogP contribution is 2.27. The Morgan fingerprint density at radius 1 is 0.519 bits per heavy atom. The number of nitrogens with one attached hydrogen (secondary N) is 3. The normalized spacial score (nSPS) is 15.4. The van der Waals surface area contributed by atoms with Crippen LogP contribution in [0.2, 0.25) is 0 Å². The lowest BCUT2D eigenvalue weighted by Crippen LogP contribution is -2.56. The number of nitrogens with zero attached hydrogens (tertiary/aromatic N) is 2. The Bertz CT molecular complexity index is 2660. The molecule has 1 aromatic carbocycles. The Labute approximate surface area is 612 Å². The van der Waals surface area contributed by atoms with Gasteiger partial charge in [0.2, 0.25) is 23.6 Å². The van der Waals surface area contributed by atoms with Gasteiger partial charge in [0.15, 0.2) is 0 Å². The number of carbonyl (C=O) groups excluding carboxylic acids is 7. The third-order valence-electron chi connectivity index (χ3n) is 15.0. The predicted molar refractivity (Wildman–Crippen MR) is 374 cm³/mol. The average molecular weight is 1510 g/mol. The van der Waals surface area contributed by atoms with Crippen molar-refractivity contribution in [1.29, 1.82) is 0 Å². The number of amides is 6. The number of aryl methyl sites for hydroxylation is 1. The number of hydrogen-bond donors (Lipinski definition) is 4. The second-order valence-electron chi connectivity index (χ2n) is 24.8. The third-order valence-corrected chi connectivity index (χ3v) is 15.7. The highest BCUT2D eigenvalue weighted by Gasteiger charge is 2.47. The van der Waals surface area contributed by atoms with Gasteiger partial charge in [0.1, 0.15) is 24.7 Å². The second-order valence-corrected chi connectivity index (χ2v) is 26.4. The molecule has 3 rings (SSSR count). The lowest BCUT2D eigenvalue weighted by Gasteiger charge is -2.27. The number of rotatable bonds is 68. The average Bonchev–Trinajstić information content (AvgIpc) is 1.63. The highest BCUT2D eigenvalue weighted by atomic mass is 32.2. The van der Waals surface area contributed by atoms with Crippen LogP contribution in [0.5, 0.6) is 0 Å². The van der Waals surface area contributed by atoms with E-state index in [4.69, 9.17) is 94.6 Å². The Morgan fingerprint density at radius 2 is 0.904 bits per heavy atom. The fourth-order valence-electron chi connectivity index (χ4n) is 9.41. The standard InChI is InChI=1S/C69H117N5O29S/c1-54(2)64(72-61(75)51-73-59(53-102-47-48-104(82,83)84)50-60(67(73)80)74-62(76)12-13-63(74)77)66(79)70-55(3)65(78)71-58-11-10-57(52-103-68(81)69(4,5)6)56(49-58)9-8-14-86-17-18-88-21-22-90-25-26-92-29-30-94-33-34-96-37-38-98-41-42-100-45-46-101-44-43-99-40-39-97-36-35-95-32-31-93-28-27-91-24-23-89-20-19-87-16-15-85-7/h10-13,49,54-55,59-60,64H,8-9,14-48,50-53H2,1-7H3,(H,70,79)(H,71,78)(H,72,75)(H,82,83,84)/t55-,59-,60-,64-/m0/s1. The zero-order chi connectivity index (χ0) is 75.9. The molecule has 598 valence electrons. The van der Waals surface area contributed by atoms with Crippen LogP contribution in [-0.2, 0) is 147 Å². The molecule has 1 saturated heterocycles. The topological polar surface area (TPSA) is 392 Å². The molecule has 1 fully saturated rings. The number of likely N-dealkylation sites (tertiary alicyclic amines) is 1. The van der Waals surface area contributed by atoms with E-state index in [0.717, 1.165) is 33.1 Å². The molecule has 2 aliphatic heterocycles. The molecule has 1 aromatic rings. The first-order chi connectivity index (χ1) is 50.1. The fraction of sp³-hybridized carbons (Fsp3) is 0.783. The molecule has 4 atom stereocenters. The number of methoxy groups -OCH3 is 1. The lowest BCUT2D eigenvalue weighted by molar-refractivity contribution is -0.154. The van der Waals surface area contributed by atoms with Crippen LogP contribution >= 0.6 is 0 Å². The van der Waals surface area contributed by atoms with Gasteiger partial charge >= 0.3 is 5.97 Å². The van der Waals surface area contributed by atoms with Crippen LogP contribution in [0.1, 0.15) is 65.5 Å². The summed E-state index contributed by atoms with van der Waals surface area (Å²) in [6.07, 6.45) is 2.97. The molecule has 2 aliphatic rings. The van der Waals surface area contributed by atoms with Crippen LogP contribution < -0.4 is 16.0 Å². The summed E-state index contributed by atoms with van der Waals surface area (Å²) >= 11 is 0. The van der Waals surface area contributed by atoms with E-state index >= 15 is 0 Å². The van der Waals surface area contributed by atoms with Gasteiger partial charge in [-0.2, -0.15) is 8.42 Å². The second kappa shape index (κ2) is 57.8. The minimum atomic E-state index is -4.37. The first-order valence-electron chi connectivity index (χ1n) is 35.4. The van der Waals surface area contributed by atoms with Crippen molar-refractivity contribution in [3.8, 4) is 0 Å². The minimum Gasteiger partial charge on any atom is -0.460 e. The summed E-state index contributed by atoms with van der Waals surface area (Å²) in [5.74, 6) is -5.90. The molecule has 4 N–H and O–H groups in total. The fourth-order valence-corrected chi connectivity index (χ4v) is 9.74. The first-order valence-corrected chi connectivity index (χ1v) is 37.0. The molecule has 0 aromatic heterocycles. The van der Waals surface area contributed by atoms with E-state index in [0.29, 0.717) is 237 Å². The Kier molecular flexibility index (Phi) is 51.6. The van der Waals surface area contributed by atoms with Crippen molar-refractivity contribution >= 4 is 57.2 Å². The molecule has 0 unspecified atom stereocenters. The summed E-state index contributed by atoms with van der Waals surface area (Å²) in [7, 11) is -2.73. The van der Waals surface area contributed by atoms with Crippen molar-refractivity contribution in [3.05, 3.63) is 41.5 Å². The van der Waals surface area contributed by atoms with Crippen LogP contribution in [0.25, 0.3) is 0 Å². The smallest absolute Gasteiger partial charge is 0.311 e. The number of benzene rings is 1. The van der Waals surface area contributed by atoms with Gasteiger partial charge in [-0.15, -0.1) is 0 Å². The number of imide groups is 1. The van der Waals surface area contributed by atoms with Crippen LogP contribution in [0.4, 0.5) is 5.69 Å². The summed E-state index contributed by atoms with van der Waals surface area (Å²) in [4.78, 5) is 94.0. The van der Waals surface area contributed by atoms with E-state index < -0.39 is 100.0 Å². The lowest BCUT2D eigenvalue weighted by atomic mass is 9.97. The van der Waals surface area contributed by atoms with Gasteiger partial charge in [-0.1, -0.05) is 19.9 Å². The van der Waals surface area contributed by atoms with Gasteiger partial charge in [0, 0.05) is 38.0 Å². The molecule has 0 spiro atoms. The van der Waals surface area contributed by atoms with Crippen molar-refractivity contribution in [3.63, 3.8) is 0 Å². The third kappa shape index (κ3) is 44.7. The molecule has 6 amide bonds. The van der Waals surface area contributed by atoms with E-state index in [-0.39, 0.29) is 25.6 Å². The van der Waals surface area contributed by atoms with Crippen molar-refractivity contribution in [2.24, 2.45) is 11.3 Å². The molecule has 0 saturated carbocycles. The van der Waals surface area contributed by atoms with Crippen molar-refractivity contribution in [2.75, 3.05) is 256 Å². The summed E-state index contributed by atoms with van der Waals surface area (Å²) in [6.45, 7) is 23.7. The van der Waals surface area contributed by atoms with Crippen LogP contribution in [0.15, 0.2) is 30.4 Å². The van der Waals surface area contributed by atoms with E-state index in [1.807, 2.05) is 0 Å². The summed E-state index contributed by atoms with van der Waals surface area (Å²) in [6, 6.07) is 0.676. The molecule has 35 heteroatoms. The number of esters is 1. The summed E-state index contributed by atoms with van der Waals surface area (Å²) in [5.41, 5.74) is 1.18. The molecule has 0 bridgehead atoms. The van der Waals surface area contributed by atoms with E-state index in [2.05, 4.69) is 16.0 Å². The Hall–Kier alpha value is -5.36. The SMILES string of the molecule is COCCOCCOCCOCCOCCOCCOCCOCCOCCOCCOCCOCCOCCOCCOCCOCCOCCCc1cc(NC(=O)[C@H](C)NC(=O)[C@@H](NC(=O)CN2C(=O)[C@@H](N3C(=O)C=CC3=O)C[C@H]2COCCS(=O)(=O)O)C(C)C)ccc1COC(=O)C(C)(C)C. The maximum Gasteiger partial charge on any atom is 0.311 e. The van der Waals surface area contributed by atoms with E-state index in [1.165, 1.54) is 6.92 Å². The molecule has 0 radical (unpaired) electrons. The molecular weight excluding hydrogens is 1390 g/mol. The first kappa shape index (κ1) is 92.8. The Balaban J connectivity index is 1.16. The zero-order valence-electron chi connectivity index (χ0n) is 61.9. The van der Waals surface area contributed by atoms with Crippen molar-refractivity contribution in [1.82, 2.24) is 20.4 Å². The maximum atomic E-state index is 13.7. The van der Waals surface area contributed by atoms with E-state index in [9.17, 15) is 42.0 Å². The summed E-state index contributed by atoms with van der Waals surface area (Å²) in [5, 5.41) is 8.08. The predicted octanol–water partition coefficient (Wildman–Crippen LogP) is 1.00. The molecule has 34 nitrogen and oxygen atoms in total. The number of carbonyl (C=O) groups is 7. The van der Waals surface area contributed by atoms with Crippen LogP contribution in [-0.4, -0.2) is 339 Å². The molecular formula is C69H117N5O29S. The number of anilines is 1. The zero-order valence-corrected chi connectivity index (χ0v) is 62.8. The van der Waals surface area contributed by atoms with Gasteiger partial charge in [0.05, 0.1) is 248 Å². The highest BCUT2D eigenvalue weighted by molar-refractivity contribution is 7.85. The van der Waals surface area contributed by atoms with E-state index in [1.54, 1.807) is 59.9 Å². The van der Waals surface area contributed by atoms with Gasteiger partial charge in [-0.05, 0) is 69.7 Å². The van der Waals surface area contributed by atoms with Gasteiger partial charge in [-0.25, -0.2) is 0 Å². The maximum absolute atomic E-state index is 13.7. The van der Waals surface area contributed by atoms with Gasteiger partial charge in [-0.3, -0.25) is 43.0 Å². The number of ether oxygens (including phenoxy) is 19. The van der Waals surface area contributed by atoms with Crippen molar-refractivity contribution in [2.45, 2.75) is 91.6 Å². The van der Waals surface area contributed by atoms with Gasteiger partial charge < -0.3 is 111 Å². The largest absolute Gasteiger partial charge is 0.460 e. The Morgan fingerprint density at radius 3 is 1.27 bits per heavy atom. The molecule has 0 aliphatic carbocycles. The van der Waals surface area contributed by atoms with Gasteiger partial charge in [0.25, 0.3) is 21.9 Å². The summed E-state index contributed by atoms with van der Waals surface area (Å²) < 4.78 is 136. The molecule has 104 heavy (non-hydrogen) atoms. The quantitative estimate of drug-likeness (QED) is 0.0306. The van der Waals surface area contributed by atoms with Crippen LogP contribution in [0.3, 0.4) is 0 Å². The van der Waals surface area contributed by atoms with Crippen molar-refractivity contribution < 1.29 is 137 Å². The number of hydrogen-bond acceptors (Lipinski definition) is 28. The molecule has 2 heterocycles. The van der Waals surface area contributed by atoms with Crippen LogP contribution in [0, 0.1) is 11.3 Å². The minimum absolute atomic E-state index is 0.00792.